The fraction of sp³-hybridized carbons (Fsp3) is 0.833. The van der Waals surface area contributed by atoms with Crippen LogP contribution in [0.1, 0.15) is 53.4 Å². The topological polar surface area (TPSA) is 0 Å². The summed E-state index contributed by atoms with van der Waals surface area (Å²) in [6, 6.07) is 0. The molecule has 1 aliphatic rings. The molecule has 0 unspecified atom stereocenters. The number of hydrogen-bond donors (Lipinski definition) is 0. The van der Waals surface area contributed by atoms with E-state index in [-0.39, 0.29) is 0 Å². The van der Waals surface area contributed by atoms with Gasteiger partial charge < -0.3 is 20.2 Å². The normalized spacial score (nSPS) is 19.5. The summed E-state index contributed by atoms with van der Waals surface area (Å²) in [7, 11) is 16.2. The van der Waals surface area contributed by atoms with Gasteiger partial charge in [-0.25, -0.2) is 0 Å². The molecule has 0 atom stereocenters. The molecule has 1 rings (SSSR count). The quantitative estimate of drug-likeness (QED) is 0.394. The fourth-order valence-electron chi connectivity index (χ4n) is 1.65. The maximum atomic E-state index is 4.95. The Morgan fingerprint density at radius 1 is 1.18 bits per heavy atom. The van der Waals surface area contributed by atoms with Crippen molar-refractivity contribution < 1.29 is 12.3 Å². The standard InChI is InChI=1S/C12H21P.3ClH.V/c1-11(2,3)9-13-10-12(4)7-5-6-8-12;;;;/h9H,5-8H2,1-4H3;3*1H;/q-2;;;;+3/p-3. The van der Waals surface area contributed by atoms with Gasteiger partial charge in [0.1, 0.15) is 0 Å². The molecule has 1 fully saturated rings. The second kappa shape index (κ2) is 8.73. The van der Waals surface area contributed by atoms with Crippen LogP contribution in [0, 0.1) is 17.0 Å². The van der Waals surface area contributed by atoms with Crippen molar-refractivity contribution in [3.63, 3.8) is 0 Å². The molecule has 0 N–H and O–H groups in total. The van der Waals surface area contributed by atoms with Gasteiger partial charge in [0, 0.05) is 0 Å². The van der Waals surface area contributed by atoms with Gasteiger partial charge in [-0.2, -0.15) is 10.8 Å². The van der Waals surface area contributed by atoms with Gasteiger partial charge in [-0.15, -0.1) is 0 Å². The summed E-state index contributed by atoms with van der Waals surface area (Å²) in [5, 5.41) is 0. The van der Waals surface area contributed by atoms with Crippen LogP contribution in [-0.2, 0) is 12.3 Å². The van der Waals surface area contributed by atoms with Gasteiger partial charge in [0.2, 0.25) is 0 Å². The van der Waals surface area contributed by atoms with Crippen LogP contribution in [0.4, 0.5) is 0 Å². The molecular weight excluding hydrogens is 332 g/mol. The Bertz CT molecular complexity index is 228. The summed E-state index contributed by atoms with van der Waals surface area (Å²) >= 11 is -1.77. The molecule has 0 nitrogen and oxygen atoms in total. The van der Waals surface area contributed by atoms with Crippen molar-refractivity contribution in [3.8, 4) is 0 Å². The van der Waals surface area contributed by atoms with Crippen LogP contribution >= 0.6 is 37.7 Å². The first-order valence-corrected chi connectivity index (χ1v) is 12.5. The van der Waals surface area contributed by atoms with E-state index in [0.29, 0.717) is 10.8 Å². The Hall–Kier alpha value is 1.62. The molecule has 1 aliphatic carbocycles. The molecule has 1 saturated carbocycles. The molecular formula is C12H21Cl3PV-2. The number of rotatable bonds is 2. The molecule has 0 saturated heterocycles. The summed E-state index contributed by atoms with van der Waals surface area (Å²) in [6.45, 7) is 9.10. The molecule has 0 aromatic heterocycles. The van der Waals surface area contributed by atoms with E-state index in [1.54, 1.807) is 0 Å². The summed E-state index contributed by atoms with van der Waals surface area (Å²) < 4.78 is 0. The number of hydrogen-bond acceptors (Lipinski definition) is 0. The average Bonchev–Trinajstić information content (AvgIpc) is 2.48. The molecule has 0 bridgehead atoms. The van der Waals surface area contributed by atoms with Crippen LogP contribution in [0.15, 0.2) is 0 Å². The monoisotopic (exact) mass is 352 g/mol. The molecule has 102 valence electrons. The molecule has 17 heavy (non-hydrogen) atoms. The van der Waals surface area contributed by atoms with Crippen LogP contribution in [0.2, 0.25) is 0 Å². The Labute approximate surface area is 125 Å². The third-order valence-electron chi connectivity index (χ3n) is 2.49. The molecule has 0 amide bonds. The molecule has 0 spiro atoms. The van der Waals surface area contributed by atoms with E-state index in [1.165, 1.54) is 33.9 Å². The van der Waals surface area contributed by atoms with Crippen molar-refractivity contribution in [2.24, 2.45) is 10.8 Å². The summed E-state index contributed by atoms with van der Waals surface area (Å²) in [6.07, 6.45) is 7.83. The van der Waals surface area contributed by atoms with Gasteiger partial charge in [-0.1, -0.05) is 53.4 Å². The van der Waals surface area contributed by atoms with Gasteiger partial charge in [-0.3, -0.25) is 0 Å². The van der Waals surface area contributed by atoms with E-state index in [2.05, 4.69) is 39.7 Å². The fourth-order valence-corrected chi connectivity index (χ4v) is 2.64. The summed E-state index contributed by atoms with van der Waals surface area (Å²) in [4.78, 5) is 0. The molecule has 0 aromatic rings. The number of halogens is 3. The summed E-state index contributed by atoms with van der Waals surface area (Å²) in [5.41, 5.74) is 0.757. The van der Waals surface area contributed by atoms with Crippen LogP contribution in [0.25, 0.3) is 0 Å². The Morgan fingerprint density at radius 2 is 1.59 bits per heavy atom. The molecule has 0 heterocycles. The SMILES string of the molecule is CC(C)(C)[CH-]P=[C-]C1(C)CCCC1.[Cl][V]([Cl])[Cl]. The van der Waals surface area contributed by atoms with Crippen LogP contribution in [-0.4, -0.2) is 5.80 Å². The Morgan fingerprint density at radius 3 is 1.94 bits per heavy atom. The molecule has 0 aromatic carbocycles. The minimum absolute atomic E-state index is 0.337. The van der Waals surface area contributed by atoms with E-state index in [4.69, 9.17) is 29.5 Å². The second-order valence-electron chi connectivity index (χ2n) is 5.70. The zero-order valence-corrected chi connectivity index (χ0v) is 15.5. The van der Waals surface area contributed by atoms with E-state index < -0.39 is 12.3 Å². The van der Waals surface area contributed by atoms with Crippen molar-refractivity contribution in [2.45, 2.75) is 53.4 Å². The van der Waals surface area contributed by atoms with E-state index in [1.807, 2.05) is 0 Å². The van der Waals surface area contributed by atoms with Gasteiger partial charge >= 0.3 is 41.8 Å². The van der Waals surface area contributed by atoms with Gasteiger partial charge in [0.25, 0.3) is 0 Å². The Kier molecular flexibility index (Phi) is 9.56. The van der Waals surface area contributed by atoms with Crippen molar-refractivity contribution in [2.75, 3.05) is 0 Å². The average molecular weight is 354 g/mol. The molecule has 0 aliphatic heterocycles. The third kappa shape index (κ3) is 12.4. The maximum absolute atomic E-state index is 4.95. The predicted molar refractivity (Wildman–Crippen MR) is 79.8 cm³/mol. The van der Waals surface area contributed by atoms with Crippen molar-refractivity contribution in [3.05, 3.63) is 6.16 Å². The first kappa shape index (κ1) is 18.6. The zero-order valence-electron chi connectivity index (χ0n) is 10.9. The van der Waals surface area contributed by atoms with E-state index in [9.17, 15) is 0 Å². The third-order valence-corrected chi connectivity index (χ3v) is 4.07. The van der Waals surface area contributed by atoms with E-state index >= 15 is 0 Å². The van der Waals surface area contributed by atoms with Crippen molar-refractivity contribution in [1.82, 2.24) is 0 Å². The minimum atomic E-state index is -1.77. The van der Waals surface area contributed by atoms with E-state index in [0.717, 1.165) is 0 Å². The summed E-state index contributed by atoms with van der Waals surface area (Å²) in [5.74, 6) is 3.63. The molecule has 5 heteroatoms. The predicted octanol–water partition coefficient (Wildman–Crippen LogP) is 6.47. The Balaban J connectivity index is 0.000000557. The zero-order chi connectivity index (χ0) is 13.5. The van der Waals surface area contributed by atoms with Crippen LogP contribution in [0.3, 0.4) is 0 Å². The molecule has 0 radical (unpaired) electrons. The van der Waals surface area contributed by atoms with Gasteiger partial charge in [0.15, 0.2) is 0 Å². The van der Waals surface area contributed by atoms with Gasteiger partial charge in [-0.05, 0) is 0 Å². The van der Waals surface area contributed by atoms with Crippen molar-refractivity contribution >= 4 is 43.5 Å². The van der Waals surface area contributed by atoms with Gasteiger partial charge in [0.05, 0.1) is 0 Å². The first-order valence-electron chi connectivity index (χ1n) is 5.73. The first-order chi connectivity index (χ1) is 7.65. The van der Waals surface area contributed by atoms with Crippen molar-refractivity contribution in [1.29, 1.82) is 0 Å². The van der Waals surface area contributed by atoms with Crippen LogP contribution in [0.5, 0.6) is 0 Å². The second-order valence-corrected chi connectivity index (χ2v) is 13.4. The van der Waals surface area contributed by atoms with Crippen LogP contribution < -0.4 is 0 Å².